The molecule has 1 aromatic rings. The number of nitrogens with zero attached hydrogens (tertiary/aromatic N) is 2. The Morgan fingerprint density at radius 1 is 1.47 bits per heavy atom. The highest BCUT2D eigenvalue weighted by atomic mass is 79.9. The fraction of sp³-hybridized carbons (Fsp3) is 0.615. The van der Waals surface area contributed by atoms with Crippen molar-refractivity contribution in [2.45, 2.75) is 33.1 Å². The number of pyridine rings is 1. The van der Waals surface area contributed by atoms with Crippen LogP contribution in [0, 0.1) is 5.41 Å². The van der Waals surface area contributed by atoms with Gasteiger partial charge in [0.15, 0.2) is 0 Å². The molecule has 1 saturated heterocycles. The summed E-state index contributed by atoms with van der Waals surface area (Å²) in [6.07, 6.45) is 5.47. The molecule has 1 fully saturated rings. The Labute approximate surface area is 112 Å². The number of rotatable bonds is 2. The summed E-state index contributed by atoms with van der Waals surface area (Å²) in [6, 6.07) is 1.93. The van der Waals surface area contributed by atoms with Gasteiger partial charge in [-0.2, -0.15) is 0 Å². The van der Waals surface area contributed by atoms with Crippen molar-refractivity contribution in [3.05, 3.63) is 16.7 Å². The van der Waals surface area contributed by atoms with Crippen LogP contribution in [-0.4, -0.2) is 18.1 Å². The van der Waals surface area contributed by atoms with Crippen LogP contribution in [0.3, 0.4) is 0 Å². The molecule has 2 N–H and O–H groups in total. The third kappa shape index (κ3) is 2.73. The number of hydrogen-bond acceptors (Lipinski definition) is 3. The van der Waals surface area contributed by atoms with E-state index in [1.165, 1.54) is 19.3 Å². The van der Waals surface area contributed by atoms with Crippen LogP contribution in [-0.2, 0) is 0 Å². The number of anilines is 2. The number of piperidine rings is 1. The van der Waals surface area contributed by atoms with E-state index in [4.69, 9.17) is 5.73 Å². The number of halogens is 1. The monoisotopic (exact) mass is 297 g/mol. The largest absolute Gasteiger partial charge is 0.397 e. The minimum atomic E-state index is 0.511. The first kappa shape index (κ1) is 12.7. The Bertz CT molecular complexity index is 398. The standard InChI is InChI=1S/C13H20BrN3/c1-3-13(2)4-6-17(7-5-13)12-11(14)8-10(15)9-16-12/h8-9H,3-7,15H2,1-2H3. The summed E-state index contributed by atoms with van der Waals surface area (Å²) in [5.41, 5.74) is 6.93. The van der Waals surface area contributed by atoms with Gasteiger partial charge >= 0.3 is 0 Å². The molecule has 4 heteroatoms. The van der Waals surface area contributed by atoms with Gasteiger partial charge in [-0.25, -0.2) is 4.98 Å². The van der Waals surface area contributed by atoms with Crippen molar-refractivity contribution in [1.29, 1.82) is 0 Å². The van der Waals surface area contributed by atoms with Gasteiger partial charge in [0.1, 0.15) is 5.82 Å². The van der Waals surface area contributed by atoms with Gasteiger partial charge in [-0.05, 0) is 40.3 Å². The van der Waals surface area contributed by atoms with E-state index in [1.807, 2.05) is 6.07 Å². The second-order valence-corrected chi connectivity index (χ2v) is 6.08. The van der Waals surface area contributed by atoms with Crippen molar-refractivity contribution in [3.63, 3.8) is 0 Å². The highest BCUT2D eigenvalue weighted by molar-refractivity contribution is 9.10. The predicted octanol–water partition coefficient (Wildman–Crippen LogP) is 3.44. The zero-order valence-corrected chi connectivity index (χ0v) is 12.1. The lowest BCUT2D eigenvalue weighted by Crippen LogP contribution is -2.39. The minimum absolute atomic E-state index is 0.511. The summed E-state index contributed by atoms with van der Waals surface area (Å²) in [5.74, 6) is 1.03. The molecule has 0 spiro atoms. The van der Waals surface area contributed by atoms with E-state index >= 15 is 0 Å². The first-order chi connectivity index (χ1) is 8.04. The molecule has 1 aliphatic heterocycles. The maximum absolute atomic E-state index is 5.71. The average Bonchev–Trinajstić information content (AvgIpc) is 2.31. The molecular weight excluding hydrogens is 278 g/mol. The zero-order chi connectivity index (χ0) is 12.5. The van der Waals surface area contributed by atoms with Crippen molar-refractivity contribution in [3.8, 4) is 0 Å². The normalized spacial score (nSPS) is 19.4. The third-order valence-corrected chi connectivity index (χ3v) is 4.55. The van der Waals surface area contributed by atoms with E-state index in [1.54, 1.807) is 6.20 Å². The molecule has 0 atom stereocenters. The van der Waals surface area contributed by atoms with E-state index in [2.05, 4.69) is 39.7 Å². The lowest BCUT2D eigenvalue weighted by Gasteiger charge is -2.39. The van der Waals surface area contributed by atoms with Crippen LogP contribution in [0.25, 0.3) is 0 Å². The number of nitrogens with two attached hydrogens (primary N) is 1. The van der Waals surface area contributed by atoms with Crippen LogP contribution in [0.4, 0.5) is 11.5 Å². The van der Waals surface area contributed by atoms with E-state index in [9.17, 15) is 0 Å². The molecule has 0 bridgehead atoms. The van der Waals surface area contributed by atoms with Crippen molar-refractivity contribution in [2.75, 3.05) is 23.7 Å². The highest BCUT2D eigenvalue weighted by Gasteiger charge is 2.29. The highest BCUT2D eigenvalue weighted by Crippen LogP contribution is 2.36. The van der Waals surface area contributed by atoms with E-state index in [-0.39, 0.29) is 0 Å². The summed E-state index contributed by atoms with van der Waals surface area (Å²) < 4.78 is 0.998. The van der Waals surface area contributed by atoms with Crippen molar-refractivity contribution < 1.29 is 0 Å². The van der Waals surface area contributed by atoms with Gasteiger partial charge in [0.05, 0.1) is 16.4 Å². The molecule has 0 aromatic carbocycles. The lowest BCUT2D eigenvalue weighted by atomic mass is 9.78. The molecule has 0 radical (unpaired) electrons. The molecule has 17 heavy (non-hydrogen) atoms. The first-order valence-electron chi connectivity index (χ1n) is 6.20. The molecule has 2 rings (SSSR count). The molecule has 94 valence electrons. The van der Waals surface area contributed by atoms with Crippen LogP contribution < -0.4 is 10.6 Å². The van der Waals surface area contributed by atoms with Crippen LogP contribution in [0.1, 0.15) is 33.1 Å². The number of hydrogen-bond donors (Lipinski definition) is 1. The molecule has 1 aliphatic rings. The molecule has 0 unspecified atom stereocenters. The van der Waals surface area contributed by atoms with Crippen molar-refractivity contribution in [1.82, 2.24) is 4.98 Å². The Morgan fingerprint density at radius 3 is 2.65 bits per heavy atom. The maximum Gasteiger partial charge on any atom is 0.143 e. The summed E-state index contributed by atoms with van der Waals surface area (Å²) in [4.78, 5) is 6.78. The first-order valence-corrected chi connectivity index (χ1v) is 6.99. The predicted molar refractivity (Wildman–Crippen MR) is 76.2 cm³/mol. The summed E-state index contributed by atoms with van der Waals surface area (Å²) in [6.45, 7) is 6.84. The van der Waals surface area contributed by atoms with E-state index in [0.29, 0.717) is 11.1 Å². The van der Waals surface area contributed by atoms with Gasteiger partial charge in [-0.3, -0.25) is 0 Å². The fourth-order valence-corrected chi connectivity index (χ4v) is 2.91. The van der Waals surface area contributed by atoms with Crippen molar-refractivity contribution >= 4 is 27.4 Å². The topological polar surface area (TPSA) is 42.2 Å². The second kappa shape index (κ2) is 4.84. The molecule has 2 heterocycles. The van der Waals surface area contributed by atoms with Gasteiger partial charge in [-0.1, -0.05) is 20.3 Å². The van der Waals surface area contributed by atoms with Gasteiger partial charge < -0.3 is 10.6 Å². The zero-order valence-electron chi connectivity index (χ0n) is 10.5. The quantitative estimate of drug-likeness (QED) is 0.909. The second-order valence-electron chi connectivity index (χ2n) is 5.23. The number of aromatic nitrogens is 1. The molecule has 0 amide bonds. The van der Waals surface area contributed by atoms with Crippen LogP contribution >= 0.6 is 15.9 Å². The maximum atomic E-state index is 5.71. The van der Waals surface area contributed by atoms with Crippen LogP contribution in [0.15, 0.2) is 16.7 Å². The Hall–Kier alpha value is -0.770. The van der Waals surface area contributed by atoms with Crippen LogP contribution in [0.5, 0.6) is 0 Å². The van der Waals surface area contributed by atoms with Crippen molar-refractivity contribution in [2.24, 2.45) is 5.41 Å². The Morgan fingerprint density at radius 2 is 2.12 bits per heavy atom. The molecular formula is C13H20BrN3. The van der Waals surface area contributed by atoms with Gasteiger partial charge in [-0.15, -0.1) is 0 Å². The molecule has 3 nitrogen and oxygen atoms in total. The van der Waals surface area contributed by atoms with Crippen LogP contribution in [0.2, 0.25) is 0 Å². The summed E-state index contributed by atoms with van der Waals surface area (Å²) in [7, 11) is 0. The summed E-state index contributed by atoms with van der Waals surface area (Å²) >= 11 is 3.54. The molecule has 1 aromatic heterocycles. The van der Waals surface area contributed by atoms with Gasteiger partial charge in [0.2, 0.25) is 0 Å². The SMILES string of the molecule is CCC1(C)CCN(c2ncc(N)cc2Br)CC1. The fourth-order valence-electron chi connectivity index (χ4n) is 2.29. The van der Waals surface area contributed by atoms with E-state index < -0.39 is 0 Å². The Kier molecular flexibility index (Phi) is 3.61. The molecule has 0 aliphatic carbocycles. The molecule has 0 saturated carbocycles. The number of nitrogen functional groups attached to an aromatic ring is 1. The van der Waals surface area contributed by atoms with E-state index in [0.717, 1.165) is 23.4 Å². The average molecular weight is 298 g/mol. The van der Waals surface area contributed by atoms with Gasteiger partial charge in [0.25, 0.3) is 0 Å². The van der Waals surface area contributed by atoms with Gasteiger partial charge in [0, 0.05) is 13.1 Å². The third-order valence-electron chi connectivity index (χ3n) is 3.97. The lowest BCUT2D eigenvalue weighted by molar-refractivity contribution is 0.237. The summed E-state index contributed by atoms with van der Waals surface area (Å²) in [5, 5.41) is 0. The minimum Gasteiger partial charge on any atom is -0.397 e. The smallest absolute Gasteiger partial charge is 0.143 e. The Balaban J connectivity index is 2.10.